The van der Waals surface area contributed by atoms with Gasteiger partial charge in [0.25, 0.3) is 0 Å². The van der Waals surface area contributed by atoms with Crippen LogP contribution in [0.5, 0.6) is 0 Å². The average molecular weight is 340 g/mol. The van der Waals surface area contributed by atoms with Crippen LogP contribution in [0.4, 0.5) is 13.2 Å². The Hall–Kier alpha value is -2.02. The van der Waals surface area contributed by atoms with E-state index >= 15 is 0 Å². The van der Waals surface area contributed by atoms with Crippen LogP contribution < -0.4 is 0 Å². The van der Waals surface area contributed by atoms with Crippen molar-refractivity contribution in [1.82, 2.24) is 9.88 Å². The number of carbonyl (C=O) groups excluding carboxylic acids is 1. The minimum absolute atomic E-state index is 0.0870. The first kappa shape index (κ1) is 16.8. The Kier molecular flexibility index (Phi) is 4.07. The number of aromatic nitrogens is 1. The number of nitrogens with zero attached hydrogens (tertiary/aromatic N) is 1. The zero-order valence-electron chi connectivity index (χ0n) is 13.3. The summed E-state index contributed by atoms with van der Waals surface area (Å²) in [6.07, 6.45) is -3.72. The maximum atomic E-state index is 12.8. The standard InChI is InChI=1S/C17H19F3N2O2/c1-11-2-3-13-12(10-21-14(13)8-11)9-15(23)22-6-4-16(24,5-7-22)17(18,19)20/h2-3,8,10,21,24H,4-7,9H2,1H3. The van der Waals surface area contributed by atoms with Gasteiger partial charge >= 0.3 is 6.18 Å². The summed E-state index contributed by atoms with van der Waals surface area (Å²) in [6.45, 7) is 1.80. The van der Waals surface area contributed by atoms with Crippen molar-refractivity contribution in [2.75, 3.05) is 13.1 Å². The number of H-pyrrole nitrogens is 1. The van der Waals surface area contributed by atoms with Gasteiger partial charge in [0.1, 0.15) is 0 Å². The van der Waals surface area contributed by atoms with E-state index in [-0.39, 0.29) is 25.4 Å². The third kappa shape index (κ3) is 3.00. The Bertz CT molecular complexity index is 759. The zero-order chi connectivity index (χ0) is 17.5. The summed E-state index contributed by atoms with van der Waals surface area (Å²) in [6, 6.07) is 5.87. The van der Waals surface area contributed by atoms with Gasteiger partial charge in [0, 0.05) is 43.0 Å². The Morgan fingerprint density at radius 1 is 1.33 bits per heavy atom. The lowest BCUT2D eigenvalue weighted by Gasteiger charge is -2.39. The lowest BCUT2D eigenvalue weighted by molar-refractivity contribution is -0.272. The second-order valence-electron chi connectivity index (χ2n) is 6.45. The first-order valence-corrected chi connectivity index (χ1v) is 7.83. The van der Waals surface area contributed by atoms with Crippen molar-refractivity contribution < 1.29 is 23.1 Å². The molecule has 1 saturated heterocycles. The Balaban J connectivity index is 1.68. The fourth-order valence-electron chi connectivity index (χ4n) is 3.13. The van der Waals surface area contributed by atoms with Gasteiger partial charge < -0.3 is 15.0 Å². The maximum Gasteiger partial charge on any atom is 0.417 e. The number of hydrogen-bond acceptors (Lipinski definition) is 2. The van der Waals surface area contributed by atoms with E-state index in [4.69, 9.17) is 0 Å². The average Bonchev–Trinajstić information content (AvgIpc) is 2.89. The van der Waals surface area contributed by atoms with Crippen molar-refractivity contribution >= 4 is 16.8 Å². The van der Waals surface area contributed by atoms with Gasteiger partial charge in [-0.2, -0.15) is 13.2 Å². The predicted octanol–water partition coefficient (Wildman–Crippen LogP) is 2.93. The summed E-state index contributed by atoms with van der Waals surface area (Å²) in [4.78, 5) is 16.9. The molecule has 0 radical (unpaired) electrons. The van der Waals surface area contributed by atoms with Gasteiger partial charge in [-0.15, -0.1) is 0 Å². The third-order valence-electron chi connectivity index (χ3n) is 4.74. The van der Waals surface area contributed by atoms with Crippen LogP contribution in [0, 0.1) is 6.92 Å². The number of halogens is 3. The number of alkyl halides is 3. The molecule has 1 aromatic carbocycles. The van der Waals surface area contributed by atoms with Crippen LogP contribution >= 0.6 is 0 Å². The normalized spacial score (nSPS) is 18.1. The van der Waals surface area contributed by atoms with Crippen molar-refractivity contribution in [1.29, 1.82) is 0 Å². The highest BCUT2D eigenvalue weighted by molar-refractivity contribution is 5.89. The number of rotatable bonds is 2. The topological polar surface area (TPSA) is 56.3 Å². The summed E-state index contributed by atoms with van der Waals surface area (Å²) in [7, 11) is 0. The van der Waals surface area contributed by atoms with E-state index in [2.05, 4.69) is 4.98 Å². The smallest absolute Gasteiger partial charge is 0.380 e. The molecule has 130 valence electrons. The van der Waals surface area contributed by atoms with Gasteiger partial charge in [0.05, 0.1) is 6.42 Å². The Morgan fingerprint density at radius 2 is 2.00 bits per heavy atom. The molecule has 2 aromatic rings. The summed E-state index contributed by atoms with van der Waals surface area (Å²) in [5.41, 5.74) is 0.182. The van der Waals surface area contributed by atoms with Crippen LogP contribution in [0.1, 0.15) is 24.0 Å². The molecule has 1 aliphatic heterocycles. The third-order valence-corrected chi connectivity index (χ3v) is 4.74. The first-order chi connectivity index (χ1) is 11.2. The van der Waals surface area contributed by atoms with Gasteiger partial charge in [0.2, 0.25) is 5.91 Å². The van der Waals surface area contributed by atoms with Crippen LogP contribution in [0.15, 0.2) is 24.4 Å². The second kappa shape index (κ2) is 5.81. The van der Waals surface area contributed by atoms with Crippen molar-refractivity contribution in [3.63, 3.8) is 0 Å². The molecule has 2 heterocycles. The van der Waals surface area contributed by atoms with E-state index in [1.165, 1.54) is 4.90 Å². The minimum Gasteiger partial charge on any atom is -0.380 e. The molecule has 2 N–H and O–H groups in total. The van der Waals surface area contributed by atoms with Gasteiger partial charge in [-0.1, -0.05) is 12.1 Å². The number of aryl methyl sites for hydroxylation is 1. The molecule has 1 amide bonds. The van der Waals surface area contributed by atoms with E-state index in [0.29, 0.717) is 0 Å². The minimum atomic E-state index is -4.66. The molecule has 1 aromatic heterocycles. The fraction of sp³-hybridized carbons (Fsp3) is 0.471. The number of carbonyl (C=O) groups is 1. The second-order valence-corrected chi connectivity index (χ2v) is 6.45. The molecule has 1 aliphatic rings. The molecular formula is C17H19F3N2O2. The molecule has 24 heavy (non-hydrogen) atoms. The van der Waals surface area contributed by atoms with Gasteiger partial charge in [-0.3, -0.25) is 4.79 Å². The molecule has 0 bridgehead atoms. The van der Waals surface area contributed by atoms with E-state index < -0.39 is 24.6 Å². The van der Waals surface area contributed by atoms with Gasteiger partial charge in [0.15, 0.2) is 5.60 Å². The molecule has 0 atom stereocenters. The Labute approximate surface area is 137 Å². The van der Waals surface area contributed by atoms with E-state index in [9.17, 15) is 23.1 Å². The molecule has 0 spiro atoms. The van der Waals surface area contributed by atoms with E-state index in [1.54, 1.807) is 6.20 Å². The van der Waals surface area contributed by atoms with Crippen LogP contribution in [-0.4, -0.2) is 45.8 Å². The van der Waals surface area contributed by atoms with Crippen molar-refractivity contribution in [3.05, 3.63) is 35.5 Å². The number of aliphatic hydroxyl groups is 1. The maximum absolute atomic E-state index is 12.8. The largest absolute Gasteiger partial charge is 0.417 e. The summed E-state index contributed by atoms with van der Waals surface area (Å²) in [5, 5.41) is 10.6. The number of hydrogen-bond donors (Lipinski definition) is 2. The lowest BCUT2D eigenvalue weighted by Crippen LogP contribution is -2.54. The highest BCUT2D eigenvalue weighted by Crippen LogP contribution is 2.38. The monoisotopic (exact) mass is 340 g/mol. The molecule has 3 rings (SSSR count). The van der Waals surface area contributed by atoms with Crippen LogP contribution in [-0.2, 0) is 11.2 Å². The number of benzene rings is 1. The number of amides is 1. The molecule has 1 fully saturated rings. The zero-order valence-corrected chi connectivity index (χ0v) is 13.3. The van der Waals surface area contributed by atoms with Crippen LogP contribution in [0.3, 0.4) is 0 Å². The number of nitrogens with one attached hydrogen (secondary N) is 1. The van der Waals surface area contributed by atoms with E-state index in [1.807, 2.05) is 25.1 Å². The Morgan fingerprint density at radius 3 is 2.62 bits per heavy atom. The summed E-state index contributed by atoms with van der Waals surface area (Å²) >= 11 is 0. The molecule has 0 aliphatic carbocycles. The van der Waals surface area contributed by atoms with Crippen LogP contribution in [0.2, 0.25) is 0 Å². The van der Waals surface area contributed by atoms with E-state index in [0.717, 1.165) is 22.0 Å². The molecule has 4 nitrogen and oxygen atoms in total. The quantitative estimate of drug-likeness (QED) is 0.883. The number of likely N-dealkylation sites (tertiary alicyclic amines) is 1. The van der Waals surface area contributed by atoms with Gasteiger partial charge in [-0.05, 0) is 24.1 Å². The highest BCUT2D eigenvalue weighted by atomic mass is 19.4. The first-order valence-electron chi connectivity index (χ1n) is 7.83. The van der Waals surface area contributed by atoms with Crippen molar-refractivity contribution in [2.45, 2.75) is 38.0 Å². The summed E-state index contributed by atoms with van der Waals surface area (Å²) < 4.78 is 38.4. The number of aromatic amines is 1. The molecule has 0 saturated carbocycles. The lowest BCUT2D eigenvalue weighted by atomic mass is 9.90. The molecule has 7 heteroatoms. The number of piperidine rings is 1. The molecule has 0 unspecified atom stereocenters. The number of fused-ring (bicyclic) bond motifs is 1. The van der Waals surface area contributed by atoms with Crippen molar-refractivity contribution in [3.8, 4) is 0 Å². The van der Waals surface area contributed by atoms with Crippen molar-refractivity contribution in [2.24, 2.45) is 0 Å². The fourth-order valence-corrected chi connectivity index (χ4v) is 3.13. The SMILES string of the molecule is Cc1ccc2c(CC(=O)N3CCC(O)(C(F)(F)F)CC3)c[nH]c2c1. The summed E-state index contributed by atoms with van der Waals surface area (Å²) in [5.74, 6) is -0.222. The highest BCUT2D eigenvalue weighted by Gasteiger charge is 2.54. The van der Waals surface area contributed by atoms with Gasteiger partial charge in [-0.25, -0.2) is 0 Å². The molecular weight excluding hydrogens is 321 g/mol. The predicted molar refractivity (Wildman–Crippen MR) is 83.6 cm³/mol. The van der Waals surface area contributed by atoms with Crippen LogP contribution in [0.25, 0.3) is 10.9 Å².